The Morgan fingerprint density at radius 1 is 0.833 bits per heavy atom. The summed E-state index contributed by atoms with van der Waals surface area (Å²) in [6.07, 6.45) is 10.1. The molecule has 1 heteroatoms. The van der Waals surface area contributed by atoms with Crippen LogP contribution in [0.5, 0.6) is 5.75 Å². The fraction of sp³-hybridized carbons (Fsp3) is 0.647. The van der Waals surface area contributed by atoms with Gasteiger partial charge in [0.15, 0.2) is 0 Å². The van der Waals surface area contributed by atoms with Crippen LogP contribution >= 0.6 is 0 Å². The molecule has 0 aliphatic heterocycles. The lowest BCUT2D eigenvalue weighted by atomic mass is 10.1. The second kappa shape index (κ2) is 9.99. The molecule has 0 aromatic heterocycles. The van der Waals surface area contributed by atoms with Gasteiger partial charge in [0.2, 0.25) is 0 Å². The van der Waals surface area contributed by atoms with Gasteiger partial charge in [-0.25, -0.2) is 0 Å². The molecule has 0 fully saturated rings. The summed E-state index contributed by atoms with van der Waals surface area (Å²) in [5, 5.41) is 0. The highest BCUT2D eigenvalue weighted by molar-refractivity contribution is 5.33. The summed E-state index contributed by atoms with van der Waals surface area (Å²) >= 11 is 0. The first kappa shape index (κ1) is 15.1. The molecule has 102 valence electrons. The van der Waals surface area contributed by atoms with E-state index in [4.69, 9.17) is 4.74 Å². The molecule has 0 heterocycles. The third-order valence-corrected chi connectivity index (χ3v) is 3.28. The molecule has 18 heavy (non-hydrogen) atoms. The number of para-hydroxylation sites is 1. The molecule has 0 saturated heterocycles. The van der Waals surface area contributed by atoms with Crippen LogP contribution in [0.2, 0.25) is 0 Å². The minimum absolute atomic E-state index is 0.866. The van der Waals surface area contributed by atoms with Crippen molar-refractivity contribution in [2.75, 3.05) is 6.61 Å². The molecule has 0 spiro atoms. The van der Waals surface area contributed by atoms with Crippen LogP contribution in [0, 0.1) is 0 Å². The highest BCUT2D eigenvalue weighted by atomic mass is 16.5. The number of unbranched alkanes of at least 4 members (excludes halogenated alkanes) is 5. The van der Waals surface area contributed by atoms with Gasteiger partial charge < -0.3 is 4.74 Å². The SMILES string of the molecule is CCCCCCOc1ccccc1CCCCC. The van der Waals surface area contributed by atoms with Crippen LogP contribution in [0.15, 0.2) is 24.3 Å². The monoisotopic (exact) mass is 248 g/mol. The van der Waals surface area contributed by atoms with E-state index in [0.717, 1.165) is 18.8 Å². The zero-order valence-corrected chi connectivity index (χ0v) is 12.1. The highest BCUT2D eigenvalue weighted by Gasteiger charge is 2.02. The van der Waals surface area contributed by atoms with Crippen molar-refractivity contribution in [1.29, 1.82) is 0 Å². The van der Waals surface area contributed by atoms with E-state index in [1.54, 1.807) is 0 Å². The lowest BCUT2D eigenvalue weighted by Gasteiger charge is -2.11. The van der Waals surface area contributed by atoms with Crippen LogP contribution in [0.25, 0.3) is 0 Å². The number of hydrogen-bond donors (Lipinski definition) is 0. The van der Waals surface area contributed by atoms with Gasteiger partial charge in [-0.05, 0) is 30.9 Å². The quantitative estimate of drug-likeness (QED) is 0.505. The Labute approximate surface area is 113 Å². The minimum Gasteiger partial charge on any atom is -0.493 e. The van der Waals surface area contributed by atoms with Gasteiger partial charge in [-0.1, -0.05) is 64.2 Å². The van der Waals surface area contributed by atoms with E-state index in [-0.39, 0.29) is 0 Å². The molecule has 0 radical (unpaired) electrons. The second-order valence-corrected chi connectivity index (χ2v) is 4.97. The van der Waals surface area contributed by atoms with Crippen molar-refractivity contribution < 1.29 is 4.74 Å². The summed E-state index contributed by atoms with van der Waals surface area (Å²) in [5.41, 5.74) is 1.38. The zero-order chi connectivity index (χ0) is 13.1. The summed E-state index contributed by atoms with van der Waals surface area (Å²) in [4.78, 5) is 0. The van der Waals surface area contributed by atoms with Crippen LogP contribution in [0.1, 0.15) is 64.4 Å². The van der Waals surface area contributed by atoms with E-state index in [1.807, 2.05) is 0 Å². The standard InChI is InChI=1S/C17H28O/c1-3-5-7-11-15-18-17-14-10-9-13-16(17)12-8-6-4-2/h9-10,13-14H,3-8,11-12,15H2,1-2H3. The number of hydrogen-bond acceptors (Lipinski definition) is 1. The van der Waals surface area contributed by atoms with Crippen molar-refractivity contribution in [2.45, 2.75) is 65.2 Å². The first-order valence-corrected chi connectivity index (χ1v) is 7.59. The van der Waals surface area contributed by atoms with Crippen molar-refractivity contribution in [3.8, 4) is 5.75 Å². The Balaban J connectivity index is 2.33. The molecule has 1 aromatic rings. The van der Waals surface area contributed by atoms with E-state index in [1.165, 1.54) is 50.5 Å². The smallest absolute Gasteiger partial charge is 0.122 e. The molecule has 0 atom stereocenters. The molecule has 0 bridgehead atoms. The lowest BCUT2D eigenvalue weighted by molar-refractivity contribution is 0.302. The number of aryl methyl sites for hydroxylation is 1. The van der Waals surface area contributed by atoms with Gasteiger partial charge in [-0.15, -0.1) is 0 Å². The van der Waals surface area contributed by atoms with E-state index < -0.39 is 0 Å². The van der Waals surface area contributed by atoms with Crippen molar-refractivity contribution >= 4 is 0 Å². The fourth-order valence-corrected chi connectivity index (χ4v) is 2.13. The molecule has 1 aromatic carbocycles. The summed E-state index contributed by atoms with van der Waals surface area (Å²) < 4.78 is 5.91. The zero-order valence-electron chi connectivity index (χ0n) is 12.1. The largest absolute Gasteiger partial charge is 0.493 e. The van der Waals surface area contributed by atoms with Crippen LogP contribution < -0.4 is 4.74 Å². The van der Waals surface area contributed by atoms with Crippen molar-refractivity contribution in [1.82, 2.24) is 0 Å². The third-order valence-electron chi connectivity index (χ3n) is 3.28. The predicted octanol–water partition coefficient (Wildman–Crippen LogP) is 5.38. The Morgan fingerprint density at radius 2 is 1.56 bits per heavy atom. The topological polar surface area (TPSA) is 9.23 Å². The Bertz CT molecular complexity index is 306. The Kier molecular flexibility index (Phi) is 8.37. The van der Waals surface area contributed by atoms with E-state index in [2.05, 4.69) is 38.1 Å². The molecule has 0 amide bonds. The maximum atomic E-state index is 5.91. The molecule has 1 rings (SSSR count). The predicted molar refractivity (Wildman–Crippen MR) is 79.3 cm³/mol. The van der Waals surface area contributed by atoms with Gasteiger partial charge in [-0.3, -0.25) is 0 Å². The van der Waals surface area contributed by atoms with E-state index >= 15 is 0 Å². The van der Waals surface area contributed by atoms with E-state index in [0.29, 0.717) is 0 Å². The molecule has 0 aliphatic carbocycles. The van der Waals surface area contributed by atoms with Crippen LogP contribution in [0.3, 0.4) is 0 Å². The average molecular weight is 248 g/mol. The first-order valence-electron chi connectivity index (χ1n) is 7.59. The maximum absolute atomic E-state index is 5.91. The number of ether oxygens (including phenoxy) is 1. The summed E-state index contributed by atoms with van der Waals surface area (Å²) in [6, 6.07) is 8.51. The fourth-order valence-electron chi connectivity index (χ4n) is 2.13. The number of rotatable bonds is 10. The third kappa shape index (κ3) is 6.09. The van der Waals surface area contributed by atoms with Crippen LogP contribution in [-0.2, 0) is 6.42 Å². The molecular weight excluding hydrogens is 220 g/mol. The molecule has 1 nitrogen and oxygen atoms in total. The molecule has 0 saturated carbocycles. The van der Waals surface area contributed by atoms with E-state index in [9.17, 15) is 0 Å². The second-order valence-electron chi connectivity index (χ2n) is 4.97. The minimum atomic E-state index is 0.866. The van der Waals surface area contributed by atoms with Crippen molar-refractivity contribution in [2.24, 2.45) is 0 Å². The van der Waals surface area contributed by atoms with Crippen molar-refractivity contribution in [3.05, 3.63) is 29.8 Å². The van der Waals surface area contributed by atoms with Crippen LogP contribution in [-0.4, -0.2) is 6.61 Å². The van der Waals surface area contributed by atoms with Gasteiger partial charge in [0.25, 0.3) is 0 Å². The molecular formula is C17H28O. The molecule has 0 unspecified atom stereocenters. The van der Waals surface area contributed by atoms with Crippen molar-refractivity contribution in [3.63, 3.8) is 0 Å². The number of benzene rings is 1. The van der Waals surface area contributed by atoms with Gasteiger partial charge in [0.05, 0.1) is 6.61 Å². The summed E-state index contributed by atoms with van der Waals surface area (Å²) in [7, 11) is 0. The maximum Gasteiger partial charge on any atom is 0.122 e. The average Bonchev–Trinajstić information content (AvgIpc) is 2.40. The normalized spacial score (nSPS) is 10.6. The highest BCUT2D eigenvalue weighted by Crippen LogP contribution is 2.20. The van der Waals surface area contributed by atoms with Gasteiger partial charge in [0, 0.05) is 0 Å². The lowest BCUT2D eigenvalue weighted by Crippen LogP contribution is -2.00. The summed E-state index contributed by atoms with van der Waals surface area (Å²) in [5.74, 6) is 1.10. The Morgan fingerprint density at radius 3 is 2.33 bits per heavy atom. The Hall–Kier alpha value is -0.980. The van der Waals surface area contributed by atoms with Gasteiger partial charge >= 0.3 is 0 Å². The van der Waals surface area contributed by atoms with Gasteiger partial charge in [0.1, 0.15) is 5.75 Å². The molecule has 0 aliphatic rings. The molecule has 0 N–H and O–H groups in total. The first-order chi connectivity index (χ1) is 8.88. The summed E-state index contributed by atoms with van der Waals surface area (Å²) in [6.45, 7) is 5.35. The van der Waals surface area contributed by atoms with Crippen LogP contribution in [0.4, 0.5) is 0 Å². The van der Waals surface area contributed by atoms with Gasteiger partial charge in [-0.2, -0.15) is 0 Å².